The molecule has 0 saturated heterocycles. The summed E-state index contributed by atoms with van der Waals surface area (Å²) in [5.74, 6) is -1.98. The van der Waals surface area contributed by atoms with Crippen LogP contribution in [-0.4, -0.2) is 58.5 Å². The first-order valence-corrected chi connectivity index (χ1v) is 8.40. The minimum Gasteiger partial charge on any atom is -0.475 e. The Labute approximate surface area is 160 Å². The monoisotopic (exact) mass is 400 g/mol. The molecule has 10 heteroatoms. The maximum atomic E-state index is 12.0. The smallest absolute Gasteiger partial charge is 0.475 e. The maximum absolute atomic E-state index is 12.0. The average Bonchev–Trinajstić information content (AvgIpc) is 3.06. The molecule has 0 unspecified atom stereocenters. The highest BCUT2D eigenvalue weighted by Gasteiger charge is 2.38. The molecule has 154 valence electrons. The molecule has 2 N–H and O–H groups in total. The number of hydrogen-bond donors (Lipinski definition) is 2. The molecule has 0 aliphatic rings. The molecule has 2 rings (SSSR count). The number of aryl methyl sites for hydroxylation is 1. The van der Waals surface area contributed by atoms with Crippen LogP contribution in [-0.2, 0) is 22.6 Å². The van der Waals surface area contributed by atoms with Crippen LogP contribution in [0.25, 0.3) is 0 Å². The fraction of sp³-hybridized carbons (Fsp3) is 0.389. The third-order valence-corrected chi connectivity index (χ3v) is 3.47. The molecule has 0 radical (unpaired) electrons. The number of carbonyl (C=O) groups excluding carboxylic acids is 1. The fourth-order valence-corrected chi connectivity index (χ4v) is 2.02. The summed E-state index contributed by atoms with van der Waals surface area (Å²) in [5.41, 5.74) is 1.17. The normalized spacial score (nSPS) is 10.9. The first kappa shape index (κ1) is 23.2. The molecule has 2 aromatic rings. The second-order valence-corrected chi connectivity index (χ2v) is 6.08. The van der Waals surface area contributed by atoms with Crippen LogP contribution in [0.15, 0.2) is 42.6 Å². The van der Waals surface area contributed by atoms with E-state index < -0.39 is 12.1 Å². The molecule has 0 aliphatic heterocycles. The summed E-state index contributed by atoms with van der Waals surface area (Å²) in [6.45, 7) is 1.64. The summed E-state index contributed by atoms with van der Waals surface area (Å²) < 4.78 is 33.6. The van der Waals surface area contributed by atoms with Crippen molar-refractivity contribution in [1.82, 2.24) is 14.7 Å². The van der Waals surface area contributed by atoms with Gasteiger partial charge in [0.25, 0.3) is 0 Å². The number of anilines is 1. The number of carboxylic acid groups (broad SMARTS) is 1. The Kier molecular flexibility index (Phi) is 9.16. The standard InChI is InChI=1S/C16H22N4O.C2HF3O2/c1-19(2)12-13-20-15(10-11-17-20)18-16(21)9-8-14-6-4-3-5-7-14;3-2(4,5)1(6)7/h3-7,10-11H,8-9,12-13H2,1-2H3,(H,18,21);(H,6,7). The Bertz CT molecular complexity index is 746. The van der Waals surface area contributed by atoms with Crippen LogP contribution >= 0.6 is 0 Å². The van der Waals surface area contributed by atoms with Gasteiger partial charge in [0.2, 0.25) is 5.91 Å². The highest BCUT2D eigenvalue weighted by Crippen LogP contribution is 2.13. The third kappa shape index (κ3) is 9.17. The van der Waals surface area contributed by atoms with Gasteiger partial charge < -0.3 is 15.3 Å². The van der Waals surface area contributed by atoms with E-state index in [2.05, 4.69) is 15.3 Å². The van der Waals surface area contributed by atoms with Gasteiger partial charge in [-0.15, -0.1) is 0 Å². The molecular weight excluding hydrogens is 377 g/mol. The van der Waals surface area contributed by atoms with Crippen molar-refractivity contribution in [3.63, 3.8) is 0 Å². The summed E-state index contributed by atoms with van der Waals surface area (Å²) in [6, 6.07) is 11.9. The summed E-state index contributed by atoms with van der Waals surface area (Å²) in [5, 5.41) is 14.3. The predicted molar refractivity (Wildman–Crippen MR) is 97.9 cm³/mol. The summed E-state index contributed by atoms with van der Waals surface area (Å²) in [4.78, 5) is 23.0. The number of alkyl halides is 3. The molecule has 7 nitrogen and oxygen atoms in total. The van der Waals surface area contributed by atoms with E-state index in [1.807, 2.05) is 55.2 Å². The number of nitrogens with zero attached hydrogens (tertiary/aromatic N) is 3. The lowest BCUT2D eigenvalue weighted by Crippen LogP contribution is -2.21. The number of halogens is 3. The van der Waals surface area contributed by atoms with Crippen molar-refractivity contribution < 1.29 is 27.9 Å². The van der Waals surface area contributed by atoms with Gasteiger partial charge in [0.15, 0.2) is 0 Å². The van der Waals surface area contributed by atoms with Gasteiger partial charge in [-0.3, -0.25) is 4.79 Å². The molecule has 0 aliphatic carbocycles. The lowest BCUT2D eigenvalue weighted by molar-refractivity contribution is -0.192. The van der Waals surface area contributed by atoms with E-state index in [9.17, 15) is 18.0 Å². The van der Waals surface area contributed by atoms with Gasteiger partial charge in [-0.25, -0.2) is 9.48 Å². The number of rotatable bonds is 7. The van der Waals surface area contributed by atoms with Crippen LogP contribution < -0.4 is 5.32 Å². The van der Waals surface area contributed by atoms with E-state index in [1.165, 1.54) is 5.56 Å². The van der Waals surface area contributed by atoms with E-state index in [1.54, 1.807) is 6.20 Å². The summed E-state index contributed by atoms with van der Waals surface area (Å²) >= 11 is 0. The van der Waals surface area contributed by atoms with Crippen molar-refractivity contribution in [1.29, 1.82) is 0 Å². The minimum atomic E-state index is -5.08. The zero-order valence-electron chi connectivity index (χ0n) is 15.6. The van der Waals surface area contributed by atoms with Gasteiger partial charge >= 0.3 is 12.1 Å². The van der Waals surface area contributed by atoms with Crippen molar-refractivity contribution >= 4 is 17.7 Å². The third-order valence-electron chi connectivity index (χ3n) is 3.47. The van der Waals surface area contributed by atoms with Gasteiger partial charge in [-0.2, -0.15) is 18.3 Å². The van der Waals surface area contributed by atoms with Crippen molar-refractivity contribution in [2.45, 2.75) is 25.6 Å². The van der Waals surface area contributed by atoms with Crippen LogP contribution in [0, 0.1) is 0 Å². The zero-order chi connectivity index (χ0) is 21.2. The number of likely N-dealkylation sites (N-methyl/N-ethyl adjacent to an activating group) is 1. The molecule has 0 atom stereocenters. The van der Waals surface area contributed by atoms with Gasteiger partial charge in [0.05, 0.1) is 12.7 Å². The molecule has 1 aromatic heterocycles. The number of aromatic nitrogens is 2. The molecule has 0 fully saturated rings. The van der Waals surface area contributed by atoms with E-state index in [-0.39, 0.29) is 5.91 Å². The van der Waals surface area contributed by atoms with Crippen molar-refractivity contribution in [3.8, 4) is 0 Å². The van der Waals surface area contributed by atoms with Crippen LogP contribution in [0.3, 0.4) is 0 Å². The van der Waals surface area contributed by atoms with E-state index >= 15 is 0 Å². The molecule has 0 bridgehead atoms. The number of benzene rings is 1. The quantitative estimate of drug-likeness (QED) is 0.746. The second kappa shape index (κ2) is 11.1. The van der Waals surface area contributed by atoms with E-state index in [0.29, 0.717) is 6.42 Å². The number of aliphatic carboxylic acids is 1. The highest BCUT2D eigenvalue weighted by atomic mass is 19.4. The fourth-order valence-electron chi connectivity index (χ4n) is 2.02. The molecule has 0 spiro atoms. The Morgan fingerprint density at radius 1 is 1.18 bits per heavy atom. The van der Waals surface area contributed by atoms with E-state index in [4.69, 9.17) is 9.90 Å². The molecule has 1 aromatic carbocycles. The molecule has 1 amide bonds. The van der Waals surface area contributed by atoms with Gasteiger partial charge in [0, 0.05) is 19.0 Å². The van der Waals surface area contributed by atoms with Gasteiger partial charge in [-0.05, 0) is 26.1 Å². The zero-order valence-corrected chi connectivity index (χ0v) is 15.6. The maximum Gasteiger partial charge on any atom is 0.490 e. The first-order chi connectivity index (χ1) is 13.1. The van der Waals surface area contributed by atoms with Gasteiger partial charge in [0.1, 0.15) is 5.82 Å². The molecule has 0 saturated carbocycles. The van der Waals surface area contributed by atoms with Crippen LogP contribution in [0.5, 0.6) is 0 Å². The van der Waals surface area contributed by atoms with Gasteiger partial charge in [-0.1, -0.05) is 30.3 Å². The average molecular weight is 400 g/mol. The Morgan fingerprint density at radius 3 is 2.32 bits per heavy atom. The largest absolute Gasteiger partial charge is 0.490 e. The topological polar surface area (TPSA) is 87.5 Å². The number of nitrogens with one attached hydrogen (secondary N) is 1. The van der Waals surface area contributed by atoms with Crippen molar-refractivity contribution in [2.75, 3.05) is 26.0 Å². The molecular formula is C18H23F3N4O3. The molecule has 28 heavy (non-hydrogen) atoms. The number of amides is 1. The minimum absolute atomic E-state index is 0.0189. The lowest BCUT2D eigenvalue weighted by atomic mass is 10.1. The van der Waals surface area contributed by atoms with Crippen molar-refractivity contribution in [2.24, 2.45) is 0 Å². The van der Waals surface area contributed by atoms with Crippen molar-refractivity contribution in [3.05, 3.63) is 48.2 Å². The first-order valence-electron chi connectivity index (χ1n) is 8.40. The summed E-state index contributed by atoms with van der Waals surface area (Å²) in [7, 11) is 4.03. The predicted octanol–water partition coefficient (Wildman–Crippen LogP) is 2.65. The molecule has 1 heterocycles. The van der Waals surface area contributed by atoms with Crippen LogP contribution in [0.1, 0.15) is 12.0 Å². The number of carboxylic acids is 1. The van der Waals surface area contributed by atoms with Crippen LogP contribution in [0.2, 0.25) is 0 Å². The second-order valence-electron chi connectivity index (χ2n) is 6.08. The highest BCUT2D eigenvalue weighted by molar-refractivity contribution is 5.89. The SMILES string of the molecule is CN(C)CCn1nccc1NC(=O)CCc1ccccc1.O=C(O)C(F)(F)F. The van der Waals surface area contributed by atoms with Crippen LogP contribution in [0.4, 0.5) is 19.0 Å². The summed E-state index contributed by atoms with van der Waals surface area (Å²) in [6.07, 6.45) is -2.15. The Balaban J connectivity index is 0.000000480. The number of carbonyl (C=O) groups is 2. The lowest BCUT2D eigenvalue weighted by Gasteiger charge is -2.12. The van der Waals surface area contributed by atoms with E-state index in [0.717, 1.165) is 25.3 Å². The number of hydrogen-bond acceptors (Lipinski definition) is 4. The Morgan fingerprint density at radius 2 is 1.79 bits per heavy atom. The Hall–Kier alpha value is -2.88.